The average molecular weight is 597 g/mol. The summed E-state index contributed by atoms with van der Waals surface area (Å²) in [5.74, 6) is -1.29. The second-order valence-corrected chi connectivity index (χ2v) is 9.68. The first-order chi connectivity index (χ1) is 19.8. The van der Waals surface area contributed by atoms with Gasteiger partial charge in [-0.2, -0.15) is 26.3 Å². The van der Waals surface area contributed by atoms with Gasteiger partial charge in [-0.25, -0.2) is 24.3 Å². The van der Waals surface area contributed by atoms with E-state index in [2.05, 4.69) is 30.2 Å². The van der Waals surface area contributed by atoms with Gasteiger partial charge in [0, 0.05) is 44.0 Å². The summed E-state index contributed by atoms with van der Waals surface area (Å²) in [6.45, 7) is 3.04. The van der Waals surface area contributed by atoms with Gasteiger partial charge < -0.3 is 15.2 Å². The molecule has 0 aliphatic carbocycles. The van der Waals surface area contributed by atoms with Gasteiger partial charge in [-0.05, 0) is 42.8 Å². The van der Waals surface area contributed by atoms with Gasteiger partial charge in [0.1, 0.15) is 29.8 Å². The monoisotopic (exact) mass is 596 g/mol. The lowest BCUT2D eigenvalue weighted by molar-refractivity contribution is -0.162. The average Bonchev–Trinajstić information content (AvgIpc) is 3.35. The van der Waals surface area contributed by atoms with Crippen molar-refractivity contribution < 1.29 is 35.5 Å². The lowest BCUT2D eigenvalue weighted by Crippen LogP contribution is -2.50. The number of anilines is 2. The molecule has 0 bridgehead atoms. The van der Waals surface area contributed by atoms with Gasteiger partial charge in [-0.1, -0.05) is 0 Å². The van der Waals surface area contributed by atoms with Crippen molar-refractivity contribution in [2.24, 2.45) is 0 Å². The zero-order valence-electron chi connectivity index (χ0n) is 21.9. The maximum Gasteiger partial charge on any atom is 0.433 e. The molecular formula is C26H23F7N8O. The van der Waals surface area contributed by atoms with E-state index in [9.17, 15) is 31.1 Å². The summed E-state index contributed by atoms with van der Waals surface area (Å²) < 4.78 is 92.2. The number of aromatic nitrogens is 5. The molecule has 4 heterocycles. The molecule has 1 fully saturated rings. The number of piperazine rings is 1. The number of nitrogens with zero attached hydrogens (tertiary/aromatic N) is 6. The number of imidazole rings is 1. The molecule has 1 aliphatic rings. The Kier molecular flexibility index (Phi) is 7.74. The highest BCUT2D eigenvalue weighted by molar-refractivity contribution is 5.84. The lowest BCUT2D eigenvalue weighted by atomic mass is 10.1. The fourth-order valence-electron chi connectivity index (χ4n) is 4.71. The fourth-order valence-corrected chi connectivity index (χ4v) is 4.71. The van der Waals surface area contributed by atoms with Crippen molar-refractivity contribution in [3.05, 3.63) is 59.9 Å². The molecule has 0 radical (unpaired) electrons. The number of amides is 1. The smallest absolute Gasteiger partial charge is 0.340 e. The Morgan fingerprint density at radius 3 is 2.45 bits per heavy atom. The van der Waals surface area contributed by atoms with Crippen molar-refractivity contribution in [3.8, 4) is 11.3 Å². The standard InChI is InChI=1S/C26H23F7N8O/c1-14(40-6-8-41(9-7-40)21(42)12-25(28,29)30)15-4-5-34-20(10-15)38-24-37-17-3-2-16(22(27)23(17)39-24)18-11-19(26(31,32)33)36-13-35-18/h2-5,10-11,13-14H,6-9,12H2,1H3,(H2,34,37,38,39). The first-order valence-corrected chi connectivity index (χ1v) is 12.7. The predicted octanol–water partition coefficient (Wildman–Crippen LogP) is 5.47. The molecular weight excluding hydrogens is 573 g/mol. The van der Waals surface area contributed by atoms with Crippen LogP contribution >= 0.6 is 0 Å². The molecule has 1 aromatic carbocycles. The van der Waals surface area contributed by atoms with E-state index in [-0.39, 0.29) is 47.4 Å². The van der Waals surface area contributed by atoms with E-state index in [1.807, 2.05) is 11.8 Å². The third kappa shape index (κ3) is 6.42. The van der Waals surface area contributed by atoms with Gasteiger partial charge in [0.25, 0.3) is 0 Å². The number of rotatable bonds is 6. The number of hydrogen-bond acceptors (Lipinski definition) is 7. The lowest BCUT2D eigenvalue weighted by Gasteiger charge is -2.38. The minimum absolute atomic E-state index is 0.0513. The van der Waals surface area contributed by atoms with E-state index >= 15 is 4.39 Å². The van der Waals surface area contributed by atoms with E-state index in [4.69, 9.17) is 0 Å². The number of carbonyl (C=O) groups excluding carboxylic acids is 1. The molecule has 1 saturated heterocycles. The van der Waals surface area contributed by atoms with Crippen LogP contribution in [0.3, 0.4) is 0 Å². The molecule has 4 aromatic rings. The van der Waals surface area contributed by atoms with Crippen LogP contribution in [0, 0.1) is 5.82 Å². The highest BCUT2D eigenvalue weighted by Gasteiger charge is 2.35. The summed E-state index contributed by atoms with van der Waals surface area (Å²) in [6, 6.07) is 6.74. The first kappa shape index (κ1) is 29.2. The SMILES string of the molecule is CC(c1ccnc(Nc2nc3ccc(-c4cc(C(F)(F)F)ncn4)c(F)c3[nH]2)c1)N1CCN(C(=O)CC(F)(F)F)CC1. The number of halogens is 7. The number of H-pyrrole nitrogens is 1. The van der Waals surface area contributed by atoms with Crippen LogP contribution in [-0.2, 0) is 11.0 Å². The normalized spacial score (nSPS) is 15.7. The topological polar surface area (TPSA) is 103 Å². The number of alkyl halides is 6. The number of carbonyl (C=O) groups is 1. The third-order valence-electron chi connectivity index (χ3n) is 6.91. The first-order valence-electron chi connectivity index (χ1n) is 12.7. The van der Waals surface area contributed by atoms with Crippen LogP contribution in [0.25, 0.3) is 22.3 Å². The van der Waals surface area contributed by atoms with Crippen LogP contribution < -0.4 is 5.32 Å². The number of pyridine rings is 1. The Morgan fingerprint density at radius 1 is 1.02 bits per heavy atom. The third-order valence-corrected chi connectivity index (χ3v) is 6.91. The molecule has 0 spiro atoms. The fraction of sp³-hybridized carbons (Fsp3) is 0.346. The summed E-state index contributed by atoms with van der Waals surface area (Å²) >= 11 is 0. The molecule has 1 unspecified atom stereocenters. The summed E-state index contributed by atoms with van der Waals surface area (Å²) in [5, 5.41) is 2.95. The van der Waals surface area contributed by atoms with E-state index in [0.717, 1.165) is 11.9 Å². The van der Waals surface area contributed by atoms with Crippen LogP contribution in [0.15, 0.2) is 42.9 Å². The largest absolute Gasteiger partial charge is 0.433 e. The number of fused-ring (bicyclic) bond motifs is 1. The molecule has 42 heavy (non-hydrogen) atoms. The number of benzene rings is 1. The maximum atomic E-state index is 15.3. The molecule has 1 atom stereocenters. The summed E-state index contributed by atoms with van der Waals surface area (Å²) in [7, 11) is 0. The Hall–Kier alpha value is -4.34. The van der Waals surface area contributed by atoms with Gasteiger partial charge in [0.2, 0.25) is 11.9 Å². The van der Waals surface area contributed by atoms with Crippen LogP contribution in [-0.4, -0.2) is 73.0 Å². The molecule has 3 aromatic heterocycles. The molecule has 1 amide bonds. The van der Waals surface area contributed by atoms with Crippen molar-refractivity contribution in [2.75, 3.05) is 31.5 Å². The Balaban J connectivity index is 1.29. The second-order valence-electron chi connectivity index (χ2n) is 9.68. The highest BCUT2D eigenvalue weighted by Crippen LogP contribution is 2.33. The molecule has 2 N–H and O–H groups in total. The maximum absolute atomic E-state index is 15.3. The minimum atomic E-state index is -4.72. The minimum Gasteiger partial charge on any atom is -0.340 e. The van der Waals surface area contributed by atoms with E-state index in [1.54, 1.807) is 18.3 Å². The Bertz CT molecular complexity index is 1600. The van der Waals surface area contributed by atoms with E-state index in [0.29, 0.717) is 25.0 Å². The van der Waals surface area contributed by atoms with E-state index < -0.39 is 36.2 Å². The summed E-state index contributed by atoms with van der Waals surface area (Å²) in [5.41, 5.74) is -0.613. The van der Waals surface area contributed by atoms with Crippen molar-refractivity contribution in [1.82, 2.24) is 34.7 Å². The van der Waals surface area contributed by atoms with Crippen LogP contribution in [0.5, 0.6) is 0 Å². The zero-order valence-corrected chi connectivity index (χ0v) is 21.9. The second kappa shape index (κ2) is 11.2. The van der Waals surface area contributed by atoms with E-state index in [1.165, 1.54) is 17.0 Å². The van der Waals surface area contributed by atoms with Crippen LogP contribution in [0.4, 0.5) is 42.5 Å². The van der Waals surface area contributed by atoms with Crippen molar-refractivity contribution in [2.45, 2.75) is 31.7 Å². The van der Waals surface area contributed by atoms with Gasteiger partial charge in [0.05, 0.1) is 11.2 Å². The number of nitrogens with one attached hydrogen (secondary N) is 2. The summed E-state index contributed by atoms with van der Waals surface area (Å²) in [6.07, 6.45) is -8.48. The number of hydrogen-bond donors (Lipinski definition) is 2. The Labute approximate surface area is 233 Å². The molecule has 1 aliphatic heterocycles. The zero-order chi connectivity index (χ0) is 30.2. The Morgan fingerprint density at radius 2 is 1.76 bits per heavy atom. The highest BCUT2D eigenvalue weighted by atomic mass is 19.4. The van der Waals surface area contributed by atoms with Gasteiger partial charge in [0.15, 0.2) is 5.82 Å². The summed E-state index contributed by atoms with van der Waals surface area (Å²) in [4.78, 5) is 33.4. The van der Waals surface area contributed by atoms with Crippen molar-refractivity contribution in [1.29, 1.82) is 0 Å². The molecule has 5 rings (SSSR count). The quantitative estimate of drug-likeness (QED) is 0.285. The van der Waals surface area contributed by atoms with Crippen LogP contribution in [0.2, 0.25) is 0 Å². The van der Waals surface area contributed by atoms with Gasteiger partial charge >= 0.3 is 12.4 Å². The molecule has 16 heteroatoms. The van der Waals surface area contributed by atoms with Crippen molar-refractivity contribution >= 4 is 28.7 Å². The van der Waals surface area contributed by atoms with Crippen LogP contribution in [0.1, 0.15) is 30.6 Å². The predicted molar refractivity (Wildman–Crippen MR) is 137 cm³/mol. The molecule has 9 nitrogen and oxygen atoms in total. The van der Waals surface area contributed by atoms with Gasteiger partial charge in [-0.3, -0.25) is 9.69 Å². The molecule has 0 saturated carbocycles. The number of aromatic amines is 1. The van der Waals surface area contributed by atoms with Crippen molar-refractivity contribution in [3.63, 3.8) is 0 Å². The molecule has 222 valence electrons. The van der Waals surface area contributed by atoms with Gasteiger partial charge in [-0.15, -0.1) is 0 Å².